The summed E-state index contributed by atoms with van der Waals surface area (Å²) in [5, 5.41) is 10.7. The van der Waals surface area contributed by atoms with Crippen LogP contribution in [0.2, 0.25) is 0 Å². The monoisotopic (exact) mass is 1520 g/mol. The molecule has 0 heterocycles. The molecular weight excluding hydrogens is 1350 g/mol. The van der Waals surface area contributed by atoms with Crippen LogP contribution < -0.4 is 0 Å². The highest BCUT2D eigenvalue weighted by Gasteiger charge is 2.30. The third-order valence-corrected chi connectivity index (χ3v) is 21.7. The summed E-state index contributed by atoms with van der Waals surface area (Å²) in [5.41, 5.74) is 0. The number of carbonyl (C=O) groups is 4. The molecule has 3 unspecified atom stereocenters. The molecular formula is C85H166O17P2. The van der Waals surface area contributed by atoms with Gasteiger partial charge in [0.05, 0.1) is 26.4 Å². The van der Waals surface area contributed by atoms with Gasteiger partial charge in [-0.3, -0.25) is 37.3 Å². The van der Waals surface area contributed by atoms with Crippen LogP contribution >= 0.6 is 15.6 Å². The van der Waals surface area contributed by atoms with E-state index in [9.17, 15) is 43.2 Å². The van der Waals surface area contributed by atoms with E-state index in [0.29, 0.717) is 31.6 Å². The first-order chi connectivity index (χ1) is 50.1. The number of aliphatic hydroxyl groups is 1. The fourth-order valence-electron chi connectivity index (χ4n) is 13.1. The topological polar surface area (TPSA) is 237 Å². The number of hydrogen-bond acceptors (Lipinski definition) is 15. The lowest BCUT2D eigenvalue weighted by Crippen LogP contribution is -2.30. The van der Waals surface area contributed by atoms with Gasteiger partial charge in [0.15, 0.2) is 12.2 Å². The predicted octanol–water partition coefficient (Wildman–Crippen LogP) is 25.6. The number of hydrogen-bond donors (Lipinski definition) is 3. The summed E-state index contributed by atoms with van der Waals surface area (Å²) in [7, 11) is -9.93. The largest absolute Gasteiger partial charge is 0.472 e. The molecule has 0 aliphatic heterocycles. The minimum atomic E-state index is -4.97. The second kappa shape index (κ2) is 73.8. The molecule has 0 fully saturated rings. The zero-order chi connectivity index (χ0) is 76.7. The molecule has 0 aromatic carbocycles. The predicted molar refractivity (Wildman–Crippen MR) is 428 cm³/mol. The molecule has 0 aromatic rings. The van der Waals surface area contributed by atoms with E-state index >= 15 is 0 Å². The van der Waals surface area contributed by atoms with Gasteiger partial charge >= 0.3 is 39.5 Å². The van der Waals surface area contributed by atoms with Gasteiger partial charge < -0.3 is 33.8 Å². The molecule has 0 aliphatic rings. The number of carbonyl (C=O) groups excluding carboxylic acids is 4. The van der Waals surface area contributed by atoms with Crippen molar-refractivity contribution in [1.82, 2.24) is 0 Å². The van der Waals surface area contributed by atoms with Crippen molar-refractivity contribution in [2.75, 3.05) is 39.6 Å². The molecule has 0 saturated carbocycles. The van der Waals surface area contributed by atoms with Gasteiger partial charge in [0.1, 0.15) is 19.3 Å². The molecule has 19 heteroatoms. The van der Waals surface area contributed by atoms with E-state index in [0.717, 1.165) is 114 Å². The average molecular weight is 1520 g/mol. The Balaban J connectivity index is 5.24. The van der Waals surface area contributed by atoms with Gasteiger partial charge in [-0.1, -0.05) is 389 Å². The summed E-state index contributed by atoms with van der Waals surface area (Å²) in [6.07, 6.45) is 62.5. The number of esters is 4. The van der Waals surface area contributed by atoms with E-state index in [4.69, 9.17) is 37.0 Å². The third kappa shape index (κ3) is 78.2. The van der Waals surface area contributed by atoms with Gasteiger partial charge in [-0.2, -0.15) is 0 Å². The highest BCUT2D eigenvalue weighted by atomic mass is 31.2. The Hall–Kier alpha value is -1.94. The van der Waals surface area contributed by atoms with E-state index in [1.54, 1.807) is 0 Å². The molecule has 0 radical (unpaired) electrons. The Morgan fingerprint density at radius 2 is 0.404 bits per heavy atom. The SMILES string of the molecule is CC(C)CCCCCCCCCCCCCCCCCCC(=O)O[C@H](COC(=O)CCCCCCCCCCCCCCCCC(C)C)COP(=O)(O)OCC(O)COP(=O)(O)OC[C@@H](COC(=O)CCCCCCCCCC(C)C)OC(=O)CCCCCCCCCCCCCCCCCC(C)C. The number of rotatable bonds is 82. The standard InChI is InChI=1S/C85H166O17P2/c1-75(2)61-53-45-37-30-24-18-12-9-10-14-22-28-34-42-51-59-67-84(89)101-80(71-95-82(87)65-57-49-41-33-27-21-17-16-20-26-32-39-47-55-63-77(5)6)73-99-103(91,92)97-69-79(86)70-98-104(93,94)100-74-81(72-96-83(88)66-58-50-44-36-40-48-56-64-78(7)8)102-85(90)68-60-52-43-35-29-23-15-11-13-19-25-31-38-46-54-62-76(3)4/h75-81,86H,9-74H2,1-8H3,(H,91,92)(H,93,94)/t79?,80-,81-/m1/s1. The quantitative estimate of drug-likeness (QED) is 0.0222. The Bertz CT molecular complexity index is 2020. The van der Waals surface area contributed by atoms with Crippen LogP contribution in [-0.4, -0.2) is 96.7 Å². The summed E-state index contributed by atoms with van der Waals surface area (Å²) in [6.45, 7) is 14.3. The summed E-state index contributed by atoms with van der Waals surface area (Å²) in [6, 6.07) is 0. The molecule has 0 bridgehead atoms. The Morgan fingerprint density at radius 3 is 0.596 bits per heavy atom. The first-order valence-corrected chi connectivity index (χ1v) is 46.7. The van der Waals surface area contributed by atoms with E-state index in [1.807, 2.05) is 0 Å². The van der Waals surface area contributed by atoms with Crippen LogP contribution in [0.5, 0.6) is 0 Å². The Kier molecular flexibility index (Phi) is 72.5. The zero-order valence-electron chi connectivity index (χ0n) is 68.7. The van der Waals surface area contributed by atoms with Gasteiger partial charge in [-0.15, -0.1) is 0 Å². The minimum Gasteiger partial charge on any atom is -0.462 e. The van der Waals surface area contributed by atoms with Crippen molar-refractivity contribution >= 4 is 39.5 Å². The van der Waals surface area contributed by atoms with Gasteiger partial charge in [-0.05, 0) is 49.4 Å². The molecule has 0 rings (SSSR count). The summed E-state index contributed by atoms with van der Waals surface area (Å²) >= 11 is 0. The first kappa shape index (κ1) is 102. The van der Waals surface area contributed by atoms with Gasteiger partial charge in [0.25, 0.3) is 0 Å². The lowest BCUT2D eigenvalue weighted by atomic mass is 10.0. The summed E-state index contributed by atoms with van der Waals surface area (Å²) in [4.78, 5) is 73.2. The van der Waals surface area contributed by atoms with Crippen LogP contribution in [-0.2, 0) is 65.4 Å². The molecule has 0 amide bonds. The number of unbranched alkanes of at least 4 members (excludes halogenated alkanes) is 48. The van der Waals surface area contributed by atoms with Gasteiger partial charge in [-0.25, -0.2) is 9.13 Å². The zero-order valence-corrected chi connectivity index (χ0v) is 70.5. The highest BCUT2D eigenvalue weighted by molar-refractivity contribution is 7.47. The van der Waals surface area contributed by atoms with Crippen LogP contribution in [0.15, 0.2) is 0 Å². The van der Waals surface area contributed by atoms with E-state index in [-0.39, 0.29) is 25.7 Å². The molecule has 0 spiro atoms. The highest BCUT2D eigenvalue weighted by Crippen LogP contribution is 2.45. The van der Waals surface area contributed by atoms with Crippen LogP contribution in [0.1, 0.15) is 441 Å². The molecule has 0 saturated heterocycles. The second-order valence-corrected chi connectivity index (χ2v) is 35.4. The normalized spacial score (nSPS) is 14.0. The van der Waals surface area contributed by atoms with Crippen molar-refractivity contribution in [2.45, 2.75) is 459 Å². The van der Waals surface area contributed by atoms with Crippen LogP contribution in [0.4, 0.5) is 0 Å². The van der Waals surface area contributed by atoms with Crippen LogP contribution in [0.25, 0.3) is 0 Å². The van der Waals surface area contributed by atoms with Crippen molar-refractivity contribution in [3.05, 3.63) is 0 Å². The minimum absolute atomic E-state index is 0.107. The molecule has 17 nitrogen and oxygen atoms in total. The molecule has 104 heavy (non-hydrogen) atoms. The molecule has 3 N–H and O–H groups in total. The van der Waals surface area contributed by atoms with Crippen molar-refractivity contribution in [3.8, 4) is 0 Å². The number of phosphoric ester groups is 2. The Morgan fingerprint density at radius 1 is 0.240 bits per heavy atom. The molecule has 5 atom stereocenters. The third-order valence-electron chi connectivity index (χ3n) is 19.8. The van der Waals surface area contributed by atoms with E-state index < -0.39 is 97.5 Å². The average Bonchev–Trinajstić information content (AvgIpc) is 0.905. The van der Waals surface area contributed by atoms with Crippen molar-refractivity contribution in [1.29, 1.82) is 0 Å². The maximum Gasteiger partial charge on any atom is 0.472 e. The summed E-state index contributed by atoms with van der Waals surface area (Å²) < 4.78 is 68.9. The number of aliphatic hydroxyl groups excluding tert-OH is 1. The summed E-state index contributed by atoms with van der Waals surface area (Å²) in [5.74, 6) is 1.01. The lowest BCUT2D eigenvalue weighted by molar-refractivity contribution is -0.161. The molecule has 0 aromatic heterocycles. The fraction of sp³-hybridized carbons (Fsp3) is 0.953. The molecule has 618 valence electrons. The van der Waals surface area contributed by atoms with Gasteiger partial charge in [0.2, 0.25) is 0 Å². The maximum absolute atomic E-state index is 13.1. The smallest absolute Gasteiger partial charge is 0.462 e. The first-order valence-electron chi connectivity index (χ1n) is 43.7. The molecule has 0 aliphatic carbocycles. The van der Waals surface area contributed by atoms with E-state index in [2.05, 4.69) is 55.4 Å². The van der Waals surface area contributed by atoms with Crippen LogP contribution in [0, 0.1) is 23.7 Å². The van der Waals surface area contributed by atoms with Crippen molar-refractivity contribution < 1.29 is 80.2 Å². The van der Waals surface area contributed by atoms with Crippen molar-refractivity contribution in [2.24, 2.45) is 23.7 Å². The second-order valence-electron chi connectivity index (χ2n) is 32.5. The van der Waals surface area contributed by atoms with E-state index in [1.165, 1.54) is 238 Å². The van der Waals surface area contributed by atoms with Crippen molar-refractivity contribution in [3.63, 3.8) is 0 Å². The Labute approximate surface area is 638 Å². The maximum atomic E-state index is 13.1. The number of ether oxygens (including phenoxy) is 4. The fourth-order valence-corrected chi connectivity index (χ4v) is 14.7. The van der Waals surface area contributed by atoms with Crippen LogP contribution in [0.3, 0.4) is 0 Å². The number of phosphoric acid groups is 2. The van der Waals surface area contributed by atoms with Gasteiger partial charge in [0, 0.05) is 25.7 Å². The lowest BCUT2D eigenvalue weighted by Gasteiger charge is -2.21.